The van der Waals surface area contributed by atoms with Crippen LogP contribution in [0.3, 0.4) is 0 Å². The molecule has 0 aliphatic heterocycles. The summed E-state index contributed by atoms with van der Waals surface area (Å²) in [7, 11) is 0. The fourth-order valence-corrected chi connectivity index (χ4v) is 4.11. The lowest BCUT2D eigenvalue weighted by Gasteiger charge is -2.29. The second-order valence-electron chi connectivity index (χ2n) is 7.84. The monoisotopic (exact) mass is 390 g/mol. The lowest BCUT2D eigenvalue weighted by Crippen LogP contribution is -2.20. The topological polar surface area (TPSA) is 9.23 Å². The molecule has 0 unspecified atom stereocenters. The van der Waals surface area contributed by atoms with Gasteiger partial charge in [-0.05, 0) is 79.2 Å². The van der Waals surface area contributed by atoms with E-state index in [0.29, 0.717) is 35.8 Å². The molecule has 2 aromatic rings. The van der Waals surface area contributed by atoms with Crippen LogP contribution in [0.2, 0.25) is 0 Å². The fourth-order valence-electron chi connectivity index (χ4n) is 4.11. The van der Waals surface area contributed by atoms with Gasteiger partial charge < -0.3 is 4.74 Å². The quantitative estimate of drug-likeness (QED) is 0.496. The van der Waals surface area contributed by atoms with Gasteiger partial charge >= 0.3 is 0 Å². The first-order valence-electron chi connectivity index (χ1n) is 10.4. The summed E-state index contributed by atoms with van der Waals surface area (Å²) in [6.45, 7) is 4.40. The zero-order chi connectivity index (χ0) is 20.1. The summed E-state index contributed by atoms with van der Waals surface area (Å²) < 4.78 is 48.5. The molecule has 0 saturated heterocycles. The average Bonchev–Trinajstić information content (AvgIpc) is 2.71. The maximum absolute atomic E-state index is 14.5. The van der Waals surface area contributed by atoms with Gasteiger partial charge in [0, 0.05) is 0 Å². The van der Waals surface area contributed by atoms with E-state index in [2.05, 4.69) is 0 Å². The highest BCUT2D eigenvalue weighted by Crippen LogP contribution is 2.38. The van der Waals surface area contributed by atoms with Gasteiger partial charge in [-0.25, -0.2) is 13.2 Å². The van der Waals surface area contributed by atoms with Crippen molar-refractivity contribution in [3.63, 3.8) is 0 Å². The number of ether oxygens (including phenoxy) is 1. The van der Waals surface area contributed by atoms with Crippen molar-refractivity contribution in [1.82, 2.24) is 0 Å². The molecular formula is C24H29F3O. The van der Waals surface area contributed by atoms with Crippen molar-refractivity contribution in [2.45, 2.75) is 64.7 Å². The molecule has 0 atom stereocenters. The van der Waals surface area contributed by atoms with E-state index in [1.807, 2.05) is 19.9 Å². The number of rotatable bonds is 7. The second-order valence-corrected chi connectivity index (χ2v) is 7.84. The highest BCUT2D eigenvalue weighted by molar-refractivity contribution is 5.30. The minimum Gasteiger partial charge on any atom is -0.490 e. The van der Waals surface area contributed by atoms with E-state index in [0.717, 1.165) is 44.1 Å². The van der Waals surface area contributed by atoms with Crippen molar-refractivity contribution in [2.75, 3.05) is 6.61 Å². The predicted octanol–water partition coefficient (Wildman–Crippen LogP) is 6.97. The molecule has 1 aliphatic carbocycles. The predicted molar refractivity (Wildman–Crippen MR) is 106 cm³/mol. The van der Waals surface area contributed by atoms with Gasteiger partial charge in [-0.2, -0.15) is 0 Å². The summed E-state index contributed by atoms with van der Waals surface area (Å²) in [4.78, 5) is 0. The minimum atomic E-state index is -0.684. The highest BCUT2D eigenvalue weighted by atomic mass is 19.2. The van der Waals surface area contributed by atoms with E-state index in [-0.39, 0.29) is 11.7 Å². The SMILES string of the molecule is CCCc1ccc(C2CCC(COc3ccc(CC)cc3F)CC2)c(F)c1F. The molecule has 152 valence electrons. The Morgan fingerprint density at radius 3 is 2.32 bits per heavy atom. The lowest BCUT2D eigenvalue weighted by molar-refractivity contribution is 0.193. The fraction of sp³-hybridized carbons (Fsp3) is 0.500. The minimum absolute atomic E-state index is 0.0435. The van der Waals surface area contributed by atoms with Gasteiger partial charge in [0.05, 0.1) is 6.61 Å². The largest absolute Gasteiger partial charge is 0.490 e. The Morgan fingerprint density at radius 2 is 1.68 bits per heavy atom. The molecule has 0 heterocycles. The van der Waals surface area contributed by atoms with Crippen molar-refractivity contribution < 1.29 is 17.9 Å². The number of hydrogen-bond acceptors (Lipinski definition) is 1. The van der Waals surface area contributed by atoms with Crippen molar-refractivity contribution in [3.8, 4) is 5.75 Å². The summed E-state index contributed by atoms with van der Waals surface area (Å²) in [6.07, 6.45) is 5.49. The standard InChI is InChI=1S/C24H29F3O/c1-3-5-19-11-12-20(24(27)23(19)26)18-9-6-17(7-10-18)15-28-22-13-8-16(4-2)14-21(22)25/h8,11-14,17-18H,3-7,9-10,15H2,1-2H3. The molecule has 0 bridgehead atoms. The van der Waals surface area contributed by atoms with Crippen LogP contribution in [0.25, 0.3) is 0 Å². The van der Waals surface area contributed by atoms with Crippen molar-refractivity contribution >= 4 is 0 Å². The molecule has 0 spiro atoms. The third-order valence-corrected chi connectivity index (χ3v) is 5.88. The van der Waals surface area contributed by atoms with Crippen LogP contribution < -0.4 is 4.74 Å². The van der Waals surface area contributed by atoms with Crippen LogP contribution in [-0.2, 0) is 12.8 Å². The molecular weight excluding hydrogens is 361 g/mol. The molecule has 0 N–H and O–H groups in total. The van der Waals surface area contributed by atoms with Crippen LogP contribution in [0.1, 0.15) is 68.6 Å². The molecule has 4 heteroatoms. The van der Waals surface area contributed by atoms with Crippen molar-refractivity contribution in [2.24, 2.45) is 5.92 Å². The molecule has 0 aromatic heterocycles. The van der Waals surface area contributed by atoms with Gasteiger partial charge in [-0.1, -0.05) is 38.5 Å². The Kier molecular flexibility index (Phi) is 7.03. The third kappa shape index (κ3) is 4.71. The van der Waals surface area contributed by atoms with Gasteiger partial charge in [-0.3, -0.25) is 0 Å². The maximum Gasteiger partial charge on any atom is 0.165 e. The molecule has 2 aromatic carbocycles. The Morgan fingerprint density at radius 1 is 0.929 bits per heavy atom. The molecule has 28 heavy (non-hydrogen) atoms. The van der Waals surface area contributed by atoms with Gasteiger partial charge in [0.25, 0.3) is 0 Å². The van der Waals surface area contributed by atoms with Gasteiger partial charge in [0.15, 0.2) is 23.2 Å². The van der Waals surface area contributed by atoms with E-state index in [1.165, 1.54) is 6.07 Å². The molecule has 1 saturated carbocycles. The smallest absolute Gasteiger partial charge is 0.165 e. The van der Waals surface area contributed by atoms with E-state index < -0.39 is 11.6 Å². The average molecular weight is 390 g/mol. The first kappa shape index (κ1) is 20.8. The van der Waals surface area contributed by atoms with Crippen LogP contribution in [0.4, 0.5) is 13.2 Å². The maximum atomic E-state index is 14.5. The lowest BCUT2D eigenvalue weighted by atomic mass is 9.78. The normalized spacial score (nSPS) is 19.6. The Hall–Kier alpha value is -1.97. The Labute approximate surface area is 165 Å². The van der Waals surface area contributed by atoms with E-state index in [9.17, 15) is 13.2 Å². The molecule has 1 fully saturated rings. The Balaban J connectivity index is 1.55. The summed E-state index contributed by atoms with van der Waals surface area (Å²) in [5.41, 5.74) is 1.91. The zero-order valence-electron chi connectivity index (χ0n) is 16.7. The molecule has 3 rings (SSSR count). The van der Waals surface area contributed by atoms with Gasteiger partial charge in [0.1, 0.15) is 0 Å². The third-order valence-electron chi connectivity index (χ3n) is 5.88. The van der Waals surface area contributed by atoms with E-state index in [4.69, 9.17) is 4.74 Å². The molecule has 0 radical (unpaired) electrons. The first-order chi connectivity index (χ1) is 13.5. The van der Waals surface area contributed by atoms with Gasteiger partial charge in [0.2, 0.25) is 0 Å². The van der Waals surface area contributed by atoms with Gasteiger partial charge in [-0.15, -0.1) is 0 Å². The number of aryl methyl sites for hydroxylation is 2. The van der Waals surface area contributed by atoms with E-state index in [1.54, 1.807) is 18.2 Å². The van der Waals surface area contributed by atoms with Crippen LogP contribution in [0.5, 0.6) is 5.75 Å². The van der Waals surface area contributed by atoms with Crippen LogP contribution in [0, 0.1) is 23.4 Å². The summed E-state index contributed by atoms with van der Waals surface area (Å²) >= 11 is 0. The summed E-state index contributed by atoms with van der Waals surface area (Å²) in [5, 5.41) is 0. The number of halogens is 3. The van der Waals surface area contributed by atoms with Crippen molar-refractivity contribution in [1.29, 1.82) is 0 Å². The molecule has 1 aliphatic rings. The highest BCUT2D eigenvalue weighted by Gasteiger charge is 2.26. The second kappa shape index (κ2) is 9.49. The molecule has 0 amide bonds. The number of benzene rings is 2. The first-order valence-corrected chi connectivity index (χ1v) is 10.4. The number of hydrogen-bond donors (Lipinski definition) is 0. The Bertz CT molecular complexity index is 795. The van der Waals surface area contributed by atoms with Crippen molar-refractivity contribution in [3.05, 3.63) is 64.5 Å². The molecule has 1 nitrogen and oxygen atoms in total. The summed E-state index contributed by atoms with van der Waals surface area (Å²) in [5.74, 6) is -1.04. The van der Waals surface area contributed by atoms with Crippen LogP contribution >= 0.6 is 0 Å². The van der Waals surface area contributed by atoms with E-state index >= 15 is 0 Å². The van der Waals surface area contributed by atoms with Crippen LogP contribution in [0.15, 0.2) is 30.3 Å². The summed E-state index contributed by atoms with van der Waals surface area (Å²) in [6, 6.07) is 8.58. The zero-order valence-corrected chi connectivity index (χ0v) is 16.7. The van der Waals surface area contributed by atoms with Crippen LogP contribution in [-0.4, -0.2) is 6.61 Å².